The molecule has 1 aromatic rings. The highest BCUT2D eigenvalue weighted by molar-refractivity contribution is 5.26. The van der Waals surface area contributed by atoms with E-state index in [0.29, 0.717) is 12.5 Å². The average Bonchev–Trinajstić information content (AvgIpc) is 2.37. The molecule has 0 amide bonds. The van der Waals surface area contributed by atoms with Gasteiger partial charge in [-0.3, -0.25) is 0 Å². The lowest BCUT2D eigenvalue weighted by Crippen LogP contribution is -2.23. The summed E-state index contributed by atoms with van der Waals surface area (Å²) in [6.07, 6.45) is 1.02. The maximum absolute atomic E-state index is 10.0. The Morgan fingerprint density at radius 1 is 1.00 bits per heavy atom. The van der Waals surface area contributed by atoms with Crippen molar-refractivity contribution in [2.75, 3.05) is 13.1 Å². The van der Waals surface area contributed by atoms with Gasteiger partial charge in [0.05, 0.1) is 12.2 Å². The van der Waals surface area contributed by atoms with Gasteiger partial charge >= 0.3 is 0 Å². The minimum atomic E-state index is -0.465. The van der Waals surface area contributed by atoms with E-state index >= 15 is 0 Å². The van der Waals surface area contributed by atoms with Gasteiger partial charge < -0.3 is 15.5 Å². The third-order valence-electron chi connectivity index (χ3n) is 3.30. The predicted molar refractivity (Wildman–Crippen MR) is 79.3 cm³/mol. The fraction of sp³-hybridized carbons (Fsp3) is 0.625. The van der Waals surface area contributed by atoms with E-state index in [0.717, 1.165) is 24.9 Å². The average molecular weight is 265 g/mol. The SMILES string of the molecule is CC(O)CCCNCC(O)c1ccc(C(C)C)cc1. The van der Waals surface area contributed by atoms with E-state index in [2.05, 4.69) is 31.3 Å². The molecule has 0 aliphatic rings. The zero-order valence-corrected chi connectivity index (χ0v) is 12.3. The third-order valence-corrected chi connectivity index (χ3v) is 3.30. The lowest BCUT2D eigenvalue weighted by molar-refractivity contribution is 0.168. The summed E-state index contributed by atoms with van der Waals surface area (Å²) in [4.78, 5) is 0. The van der Waals surface area contributed by atoms with Gasteiger partial charge in [-0.15, -0.1) is 0 Å². The maximum atomic E-state index is 10.0. The molecule has 0 aliphatic heterocycles. The summed E-state index contributed by atoms with van der Waals surface area (Å²) in [5, 5.41) is 22.4. The van der Waals surface area contributed by atoms with Gasteiger partial charge in [0.1, 0.15) is 0 Å². The molecule has 0 saturated heterocycles. The molecular weight excluding hydrogens is 238 g/mol. The van der Waals surface area contributed by atoms with Crippen LogP contribution in [0.3, 0.4) is 0 Å². The minimum Gasteiger partial charge on any atom is -0.393 e. The first-order chi connectivity index (χ1) is 9.00. The first-order valence-corrected chi connectivity index (χ1v) is 7.17. The van der Waals surface area contributed by atoms with Crippen molar-refractivity contribution in [3.8, 4) is 0 Å². The van der Waals surface area contributed by atoms with Crippen molar-refractivity contribution in [2.45, 2.75) is 51.7 Å². The lowest BCUT2D eigenvalue weighted by Gasteiger charge is -2.14. The lowest BCUT2D eigenvalue weighted by atomic mass is 10.00. The van der Waals surface area contributed by atoms with Gasteiger partial charge in [0.25, 0.3) is 0 Å². The second kappa shape index (κ2) is 8.31. The van der Waals surface area contributed by atoms with Crippen LogP contribution in [0.15, 0.2) is 24.3 Å². The molecule has 0 radical (unpaired) electrons. The molecule has 19 heavy (non-hydrogen) atoms. The fourth-order valence-corrected chi connectivity index (χ4v) is 1.98. The van der Waals surface area contributed by atoms with Gasteiger partial charge in [0.15, 0.2) is 0 Å². The van der Waals surface area contributed by atoms with Crippen LogP contribution in [0.5, 0.6) is 0 Å². The molecule has 0 aromatic heterocycles. The van der Waals surface area contributed by atoms with Gasteiger partial charge in [-0.05, 0) is 43.4 Å². The molecule has 0 spiro atoms. The molecule has 3 heteroatoms. The molecule has 108 valence electrons. The molecule has 3 N–H and O–H groups in total. The van der Waals surface area contributed by atoms with Gasteiger partial charge in [0, 0.05) is 6.54 Å². The van der Waals surface area contributed by atoms with Crippen LogP contribution in [0.4, 0.5) is 0 Å². The van der Waals surface area contributed by atoms with E-state index in [-0.39, 0.29) is 6.10 Å². The van der Waals surface area contributed by atoms with Crippen LogP contribution >= 0.6 is 0 Å². The van der Waals surface area contributed by atoms with E-state index in [1.54, 1.807) is 6.92 Å². The first kappa shape index (κ1) is 16.2. The monoisotopic (exact) mass is 265 g/mol. The minimum absolute atomic E-state index is 0.240. The van der Waals surface area contributed by atoms with Crippen LogP contribution in [-0.2, 0) is 0 Å². The van der Waals surface area contributed by atoms with Gasteiger partial charge in [-0.1, -0.05) is 38.1 Å². The van der Waals surface area contributed by atoms with E-state index < -0.39 is 6.10 Å². The molecular formula is C16H27NO2. The molecule has 0 bridgehead atoms. The van der Waals surface area contributed by atoms with Crippen molar-refractivity contribution in [1.29, 1.82) is 0 Å². The second-order valence-corrected chi connectivity index (χ2v) is 5.53. The highest BCUT2D eigenvalue weighted by atomic mass is 16.3. The summed E-state index contributed by atoms with van der Waals surface area (Å²) in [6.45, 7) is 7.50. The summed E-state index contributed by atoms with van der Waals surface area (Å²) in [7, 11) is 0. The van der Waals surface area contributed by atoms with Crippen molar-refractivity contribution in [3.05, 3.63) is 35.4 Å². The Kier molecular flexibility index (Phi) is 7.06. The van der Waals surface area contributed by atoms with Crippen LogP contribution in [-0.4, -0.2) is 29.4 Å². The van der Waals surface area contributed by atoms with Crippen LogP contribution in [0, 0.1) is 0 Å². The van der Waals surface area contributed by atoms with Crippen molar-refractivity contribution in [3.63, 3.8) is 0 Å². The van der Waals surface area contributed by atoms with E-state index in [9.17, 15) is 5.11 Å². The van der Waals surface area contributed by atoms with Crippen LogP contribution in [0.2, 0.25) is 0 Å². The number of hydrogen-bond donors (Lipinski definition) is 3. The molecule has 3 nitrogen and oxygen atoms in total. The molecule has 0 fully saturated rings. The number of nitrogens with one attached hydrogen (secondary N) is 1. The summed E-state index contributed by atoms with van der Waals surface area (Å²) < 4.78 is 0. The summed E-state index contributed by atoms with van der Waals surface area (Å²) >= 11 is 0. The standard InChI is InChI=1S/C16H27NO2/c1-12(2)14-6-8-15(9-7-14)16(19)11-17-10-4-5-13(3)18/h6-9,12-13,16-19H,4-5,10-11H2,1-3H3. The van der Waals surface area contributed by atoms with Crippen LogP contribution < -0.4 is 5.32 Å². The third kappa shape index (κ3) is 6.19. The number of aliphatic hydroxyl groups excluding tert-OH is 2. The summed E-state index contributed by atoms with van der Waals surface area (Å²) in [5.74, 6) is 0.518. The number of rotatable bonds is 8. The van der Waals surface area contributed by atoms with E-state index in [4.69, 9.17) is 5.11 Å². The largest absolute Gasteiger partial charge is 0.393 e. The Bertz CT molecular complexity index is 346. The summed E-state index contributed by atoms with van der Waals surface area (Å²) in [6, 6.07) is 8.16. The van der Waals surface area contributed by atoms with Gasteiger partial charge in [-0.2, -0.15) is 0 Å². The summed E-state index contributed by atoms with van der Waals surface area (Å²) in [5.41, 5.74) is 2.24. The number of hydrogen-bond acceptors (Lipinski definition) is 3. The van der Waals surface area contributed by atoms with Crippen molar-refractivity contribution in [1.82, 2.24) is 5.32 Å². The Morgan fingerprint density at radius 3 is 2.11 bits per heavy atom. The molecule has 1 aromatic carbocycles. The molecule has 1 rings (SSSR count). The Balaban J connectivity index is 2.31. The van der Waals surface area contributed by atoms with E-state index in [1.165, 1.54) is 5.56 Å². The van der Waals surface area contributed by atoms with Crippen molar-refractivity contribution >= 4 is 0 Å². The van der Waals surface area contributed by atoms with Crippen LogP contribution in [0.1, 0.15) is 56.8 Å². The van der Waals surface area contributed by atoms with Gasteiger partial charge in [0.2, 0.25) is 0 Å². The predicted octanol–water partition coefficient (Wildman–Crippen LogP) is 2.59. The highest BCUT2D eigenvalue weighted by Crippen LogP contribution is 2.18. The normalized spacial score (nSPS) is 14.6. The number of aliphatic hydroxyl groups is 2. The first-order valence-electron chi connectivity index (χ1n) is 7.17. The number of benzene rings is 1. The second-order valence-electron chi connectivity index (χ2n) is 5.53. The van der Waals surface area contributed by atoms with Crippen LogP contribution in [0.25, 0.3) is 0 Å². The Labute approximate surface area is 116 Å². The topological polar surface area (TPSA) is 52.5 Å². The van der Waals surface area contributed by atoms with E-state index in [1.807, 2.05) is 12.1 Å². The van der Waals surface area contributed by atoms with Crippen molar-refractivity contribution < 1.29 is 10.2 Å². The fourth-order valence-electron chi connectivity index (χ4n) is 1.98. The van der Waals surface area contributed by atoms with Gasteiger partial charge in [-0.25, -0.2) is 0 Å². The zero-order valence-electron chi connectivity index (χ0n) is 12.3. The highest BCUT2D eigenvalue weighted by Gasteiger charge is 2.07. The molecule has 0 aliphatic carbocycles. The zero-order chi connectivity index (χ0) is 14.3. The Morgan fingerprint density at radius 2 is 1.58 bits per heavy atom. The quantitative estimate of drug-likeness (QED) is 0.633. The Hall–Kier alpha value is -0.900. The maximum Gasteiger partial charge on any atom is 0.0914 e. The molecule has 0 saturated carbocycles. The smallest absolute Gasteiger partial charge is 0.0914 e. The molecule has 0 heterocycles. The molecule has 2 unspecified atom stereocenters. The van der Waals surface area contributed by atoms with Crippen molar-refractivity contribution in [2.24, 2.45) is 0 Å². The molecule has 2 atom stereocenters.